The van der Waals surface area contributed by atoms with Gasteiger partial charge < -0.3 is 4.74 Å². The molecule has 0 saturated heterocycles. The van der Waals surface area contributed by atoms with Crippen molar-refractivity contribution in [1.29, 1.82) is 0 Å². The van der Waals surface area contributed by atoms with Crippen molar-refractivity contribution in [2.24, 2.45) is 15.2 Å². The van der Waals surface area contributed by atoms with Gasteiger partial charge in [-0.2, -0.15) is 8.78 Å². The molecule has 7 heteroatoms. The Bertz CT molecular complexity index is 434. The number of alkyl halides is 2. The number of hydrogen-bond acceptors (Lipinski definition) is 5. The van der Waals surface area contributed by atoms with E-state index in [-0.39, 0.29) is 5.75 Å². The lowest BCUT2D eigenvalue weighted by Gasteiger charge is -2.03. The van der Waals surface area contributed by atoms with Gasteiger partial charge in [-0.3, -0.25) is 4.99 Å². The molecule has 0 amide bonds. The minimum atomic E-state index is -2.81. The molecule has 1 aromatic carbocycles. The van der Waals surface area contributed by atoms with Crippen LogP contribution in [0.15, 0.2) is 39.5 Å². The number of ether oxygens (including phenoxy) is 1. The lowest BCUT2D eigenvalue weighted by atomic mass is 10.3. The second-order valence-electron chi connectivity index (χ2n) is 3.09. The first kappa shape index (κ1) is 12.0. The van der Waals surface area contributed by atoms with Gasteiger partial charge in [-0.05, 0) is 24.3 Å². The van der Waals surface area contributed by atoms with E-state index >= 15 is 0 Å². The van der Waals surface area contributed by atoms with Crippen LogP contribution in [0.5, 0.6) is 5.75 Å². The van der Waals surface area contributed by atoms with Gasteiger partial charge in [0.05, 0.1) is 12.2 Å². The van der Waals surface area contributed by atoms with Crippen molar-refractivity contribution < 1.29 is 13.5 Å². The Labute approximate surface area is 101 Å². The largest absolute Gasteiger partial charge is 0.435 e. The maximum Gasteiger partial charge on any atom is 0.387 e. The Kier molecular flexibility index (Phi) is 4.03. The molecule has 1 heterocycles. The molecule has 1 aromatic rings. The van der Waals surface area contributed by atoms with E-state index in [4.69, 9.17) is 0 Å². The Morgan fingerprint density at radius 2 is 2.00 bits per heavy atom. The molecule has 90 valence electrons. The highest BCUT2D eigenvalue weighted by atomic mass is 32.2. The van der Waals surface area contributed by atoms with Gasteiger partial charge in [-0.15, -0.1) is 10.2 Å². The predicted octanol–water partition coefficient (Wildman–Crippen LogP) is 3.47. The van der Waals surface area contributed by atoms with Crippen LogP contribution >= 0.6 is 11.8 Å². The third-order valence-electron chi connectivity index (χ3n) is 1.88. The van der Waals surface area contributed by atoms with Crippen molar-refractivity contribution in [3.8, 4) is 5.75 Å². The zero-order valence-electron chi connectivity index (χ0n) is 8.72. The van der Waals surface area contributed by atoms with E-state index in [0.717, 1.165) is 12.3 Å². The Morgan fingerprint density at radius 1 is 1.24 bits per heavy atom. The van der Waals surface area contributed by atoms with Crippen LogP contribution in [0, 0.1) is 0 Å². The van der Waals surface area contributed by atoms with Crippen LogP contribution in [0.4, 0.5) is 14.5 Å². The number of thioether (sulfide) groups is 1. The molecular weight excluding hydrogens is 248 g/mol. The van der Waals surface area contributed by atoms with Crippen LogP contribution in [0.25, 0.3) is 0 Å². The van der Waals surface area contributed by atoms with Gasteiger partial charge in [0.15, 0.2) is 0 Å². The van der Waals surface area contributed by atoms with Crippen molar-refractivity contribution in [1.82, 2.24) is 0 Å². The molecule has 0 N–H and O–H groups in total. The highest BCUT2D eigenvalue weighted by Crippen LogP contribution is 2.21. The monoisotopic (exact) mass is 257 g/mol. The highest BCUT2D eigenvalue weighted by Gasteiger charge is 2.05. The van der Waals surface area contributed by atoms with Gasteiger partial charge in [-0.25, -0.2) is 0 Å². The van der Waals surface area contributed by atoms with E-state index in [1.54, 1.807) is 12.1 Å². The van der Waals surface area contributed by atoms with Gasteiger partial charge >= 0.3 is 6.61 Å². The van der Waals surface area contributed by atoms with Crippen molar-refractivity contribution in [3.05, 3.63) is 24.3 Å². The summed E-state index contributed by atoms with van der Waals surface area (Å²) in [6.07, 6.45) is 0. The Balaban J connectivity index is 1.97. The number of benzene rings is 1. The first-order chi connectivity index (χ1) is 8.24. The fourth-order valence-electron chi connectivity index (χ4n) is 1.18. The summed E-state index contributed by atoms with van der Waals surface area (Å²) in [5, 5.41) is 8.52. The molecular formula is C10H9F2N3OS. The molecule has 0 atom stereocenters. The zero-order chi connectivity index (χ0) is 12.1. The minimum Gasteiger partial charge on any atom is -0.435 e. The molecule has 0 unspecified atom stereocenters. The average Bonchev–Trinajstić information content (AvgIpc) is 2.80. The molecule has 4 nitrogen and oxygen atoms in total. The summed E-state index contributed by atoms with van der Waals surface area (Å²) in [7, 11) is 0. The third-order valence-corrected chi connectivity index (χ3v) is 2.74. The zero-order valence-corrected chi connectivity index (χ0v) is 9.53. The van der Waals surface area contributed by atoms with E-state index in [9.17, 15) is 8.78 Å². The minimum absolute atomic E-state index is 0.103. The maximum atomic E-state index is 11.9. The molecule has 0 radical (unpaired) electrons. The van der Waals surface area contributed by atoms with E-state index < -0.39 is 6.61 Å². The van der Waals surface area contributed by atoms with E-state index in [1.165, 1.54) is 23.9 Å². The van der Waals surface area contributed by atoms with E-state index in [1.807, 2.05) is 0 Å². The highest BCUT2D eigenvalue weighted by molar-refractivity contribution is 8.14. The molecule has 0 saturated carbocycles. The molecule has 0 bridgehead atoms. The van der Waals surface area contributed by atoms with Crippen LogP contribution < -0.4 is 4.74 Å². The molecule has 17 heavy (non-hydrogen) atoms. The SMILES string of the molecule is FC(F)Oc1ccc(N=NC2=NCCS2)cc1. The number of hydrogen-bond donors (Lipinski definition) is 0. The summed E-state index contributed by atoms with van der Waals surface area (Å²) >= 11 is 1.54. The quantitative estimate of drug-likeness (QED) is 0.778. The first-order valence-corrected chi connectivity index (χ1v) is 5.86. The standard InChI is InChI=1S/C10H9F2N3OS/c11-9(12)16-8-3-1-7(2-4-8)14-15-10-13-5-6-17-10/h1-4,9H,5-6H2. The topological polar surface area (TPSA) is 46.3 Å². The van der Waals surface area contributed by atoms with Gasteiger partial charge in [0.1, 0.15) is 5.75 Å². The summed E-state index contributed by atoms with van der Waals surface area (Å²) in [4.78, 5) is 4.10. The molecule has 1 aliphatic heterocycles. The third kappa shape index (κ3) is 3.77. The molecule has 2 rings (SSSR count). The number of nitrogens with zero attached hydrogens (tertiary/aromatic N) is 3. The van der Waals surface area contributed by atoms with Crippen molar-refractivity contribution >= 4 is 22.6 Å². The summed E-state index contributed by atoms with van der Waals surface area (Å²) in [5.74, 6) is 1.03. The van der Waals surface area contributed by atoms with Crippen molar-refractivity contribution in [2.75, 3.05) is 12.3 Å². The van der Waals surface area contributed by atoms with Crippen molar-refractivity contribution in [2.45, 2.75) is 6.61 Å². The number of amidine groups is 1. The fraction of sp³-hybridized carbons (Fsp3) is 0.300. The van der Waals surface area contributed by atoms with Crippen LogP contribution in [0.3, 0.4) is 0 Å². The summed E-state index contributed by atoms with van der Waals surface area (Å²) in [6, 6.07) is 5.96. The van der Waals surface area contributed by atoms with Gasteiger partial charge in [0.2, 0.25) is 5.17 Å². The summed E-state index contributed by atoms with van der Waals surface area (Å²) in [5.41, 5.74) is 0.571. The van der Waals surface area contributed by atoms with Crippen LogP contribution in [0.1, 0.15) is 0 Å². The number of rotatable bonds is 3. The van der Waals surface area contributed by atoms with Gasteiger partial charge in [0.25, 0.3) is 0 Å². The molecule has 0 aliphatic carbocycles. The second-order valence-corrected chi connectivity index (χ2v) is 4.15. The number of aliphatic imine (C=N–C) groups is 1. The summed E-state index contributed by atoms with van der Waals surface area (Å²) in [6.45, 7) is -2.05. The number of halogens is 2. The first-order valence-electron chi connectivity index (χ1n) is 4.88. The molecule has 0 spiro atoms. The Morgan fingerprint density at radius 3 is 2.59 bits per heavy atom. The van der Waals surface area contributed by atoms with Gasteiger partial charge in [0, 0.05) is 5.75 Å². The second kappa shape index (κ2) is 5.72. The summed E-state index contributed by atoms with van der Waals surface area (Å²) < 4.78 is 28.0. The predicted molar refractivity (Wildman–Crippen MR) is 62.4 cm³/mol. The molecule has 0 fully saturated rings. The van der Waals surface area contributed by atoms with Crippen LogP contribution in [0.2, 0.25) is 0 Å². The van der Waals surface area contributed by atoms with Crippen LogP contribution in [-0.2, 0) is 0 Å². The van der Waals surface area contributed by atoms with Gasteiger partial charge in [-0.1, -0.05) is 11.8 Å². The maximum absolute atomic E-state index is 11.9. The average molecular weight is 257 g/mol. The molecule has 0 aromatic heterocycles. The smallest absolute Gasteiger partial charge is 0.387 e. The molecule has 1 aliphatic rings. The van der Waals surface area contributed by atoms with Crippen molar-refractivity contribution in [3.63, 3.8) is 0 Å². The van der Waals surface area contributed by atoms with Crippen LogP contribution in [-0.4, -0.2) is 24.1 Å². The number of azo groups is 1. The Hall–Kier alpha value is -1.50. The fourth-order valence-corrected chi connectivity index (χ4v) is 1.83. The van der Waals surface area contributed by atoms with E-state index in [0.29, 0.717) is 10.9 Å². The lowest BCUT2D eigenvalue weighted by Crippen LogP contribution is -2.01. The van der Waals surface area contributed by atoms with E-state index in [2.05, 4.69) is 20.0 Å². The lowest BCUT2D eigenvalue weighted by molar-refractivity contribution is -0.0498. The normalized spacial score (nSPS) is 15.6.